The van der Waals surface area contributed by atoms with Crippen LogP contribution in [0.25, 0.3) is 0 Å². The lowest BCUT2D eigenvalue weighted by atomic mass is 10.1. The predicted octanol–water partition coefficient (Wildman–Crippen LogP) is 0.575. The quantitative estimate of drug-likeness (QED) is 0.608. The van der Waals surface area contributed by atoms with E-state index in [1.807, 2.05) is 0 Å². The summed E-state index contributed by atoms with van der Waals surface area (Å²) in [6.45, 7) is -0.260. The fourth-order valence-electron chi connectivity index (χ4n) is 3.03. The molecule has 10 heteroatoms. The molecule has 0 bridgehead atoms. The van der Waals surface area contributed by atoms with Crippen molar-refractivity contribution in [3.63, 3.8) is 0 Å². The molecule has 25 heavy (non-hydrogen) atoms. The lowest BCUT2D eigenvalue weighted by Crippen LogP contribution is -2.62. The number of fused-ring (bicyclic) bond motifs is 1. The number of aliphatic hydroxyl groups excluding tert-OH is 1. The first-order valence-corrected chi connectivity index (χ1v) is 8.39. The number of nitrogens with zero attached hydrogens (tertiary/aromatic N) is 1. The molecule has 2 aliphatic rings. The Morgan fingerprint density at radius 2 is 2.12 bits per heavy atom. The van der Waals surface area contributed by atoms with E-state index in [0.717, 1.165) is 0 Å². The molecule has 0 aliphatic carbocycles. The van der Waals surface area contributed by atoms with Gasteiger partial charge in [0.1, 0.15) is 12.1 Å². The first kappa shape index (κ1) is 17.8. The van der Waals surface area contributed by atoms with Crippen LogP contribution in [0.1, 0.15) is 6.42 Å². The molecule has 1 aromatic carbocycles. The maximum absolute atomic E-state index is 12.2. The molecule has 1 aromatic rings. The number of hydrogen-bond acceptors (Lipinski definition) is 4. The molecule has 2 fully saturated rings. The number of piperazine rings is 1. The van der Waals surface area contributed by atoms with Crippen molar-refractivity contribution in [2.45, 2.75) is 24.5 Å². The molecule has 0 spiro atoms. The molecule has 0 saturated carbocycles. The van der Waals surface area contributed by atoms with Crippen LogP contribution >= 0.6 is 23.2 Å². The molecule has 2 heterocycles. The summed E-state index contributed by atoms with van der Waals surface area (Å²) in [5.74, 6) is -0.684. The van der Waals surface area contributed by atoms with Gasteiger partial charge in [-0.25, -0.2) is 4.79 Å². The van der Waals surface area contributed by atoms with E-state index in [4.69, 9.17) is 28.3 Å². The minimum atomic E-state index is -0.929. The Labute approximate surface area is 153 Å². The van der Waals surface area contributed by atoms with Crippen LogP contribution < -0.4 is 16.0 Å². The monoisotopic (exact) mass is 386 g/mol. The Bertz CT molecular complexity index is 729. The first-order chi connectivity index (χ1) is 11.9. The number of amides is 4. The van der Waals surface area contributed by atoms with Gasteiger partial charge in [-0.15, -0.1) is 0 Å². The fourth-order valence-corrected chi connectivity index (χ4v) is 3.38. The third kappa shape index (κ3) is 3.51. The standard InChI is InChI=1S/C15H16Cl2N4O4/c16-8-2-1-3-9(12(8)17)20-15(25)18-7-4-11-13(23)19-10(6-22)14(24)21(11)5-7/h1-3,7,10-11,22H,4-6H2,(H,19,23)(H2,18,20,25)/t7-,10-,11-/m0/s1. The maximum Gasteiger partial charge on any atom is 0.319 e. The molecule has 8 nitrogen and oxygen atoms in total. The van der Waals surface area contributed by atoms with Crippen molar-refractivity contribution < 1.29 is 19.5 Å². The lowest BCUT2D eigenvalue weighted by molar-refractivity contribution is -0.148. The van der Waals surface area contributed by atoms with Gasteiger partial charge in [0, 0.05) is 6.54 Å². The Morgan fingerprint density at radius 3 is 2.84 bits per heavy atom. The largest absolute Gasteiger partial charge is 0.394 e. The highest BCUT2D eigenvalue weighted by atomic mass is 35.5. The van der Waals surface area contributed by atoms with E-state index >= 15 is 0 Å². The number of rotatable bonds is 3. The second-order valence-electron chi connectivity index (χ2n) is 5.88. The van der Waals surface area contributed by atoms with Crippen LogP contribution in [0.15, 0.2) is 18.2 Å². The summed E-state index contributed by atoms with van der Waals surface area (Å²) in [6, 6.07) is 2.38. The number of urea groups is 1. The molecular formula is C15H16Cl2N4O4. The molecule has 3 rings (SSSR count). The summed E-state index contributed by atoms with van der Waals surface area (Å²) in [4.78, 5) is 37.7. The van der Waals surface area contributed by atoms with Gasteiger partial charge in [-0.1, -0.05) is 29.3 Å². The van der Waals surface area contributed by atoms with Crippen molar-refractivity contribution in [2.75, 3.05) is 18.5 Å². The number of benzene rings is 1. The summed E-state index contributed by atoms with van der Waals surface area (Å²) in [6.07, 6.45) is 0.298. The van der Waals surface area contributed by atoms with Crippen molar-refractivity contribution in [3.8, 4) is 0 Å². The Hall–Kier alpha value is -2.03. The van der Waals surface area contributed by atoms with Crippen molar-refractivity contribution in [1.82, 2.24) is 15.5 Å². The molecule has 134 valence electrons. The van der Waals surface area contributed by atoms with E-state index in [0.29, 0.717) is 17.1 Å². The van der Waals surface area contributed by atoms with Crippen molar-refractivity contribution in [2.24, 2.45) is 0 Å². The maximum atomic E-state index is 12.2. The topological polar surface area (TPSA) is 111 Å². The van der Waals surface area contributed by atoms with E-state index in [1.54, 1.807) is 18.2 Å². The fraction of sp³-hybridized carbons (Fsp3) is 0.400. The third-order valence-electron chi connectivity index (χ3n) is 4.22. The van der Waals surface area contributed by atoms with Crippen LogP contribution in [-0.4, -0.2) is 59.1 Å². The molecule has 4 N–H and O–H groups in total. The summed E-state index contributed by atoms with van der Waals surface area (Å²) in [5, 5.41) is 17.5. The van der Waals surface area contributed by atoms with Crippen LogP contribution in [-0.2, 0) is 9.59 Å². The Kier molecular flexibility index (Phi) is 5.03. The number of hydrogen-bond donors (Lipinski definition) is 4. The summed E-state index contributed by atoms with van der Waals surface area (Å²) < 4.78 is 0. The zero-order valence-electron chi connectivity index (χ0n) is 13.0. The zero-order valence-corrected chi connectivity index (χ0v) is 14.5. The van der Waals surface area contributed by atoms with E-state index in [9.17, 15) is 14.4 Å². The first-order valence-electron chi connectivity index (χ1n) is 7.64. The van der Waals surface area contributed by atoms with E-state index in [-0.39, 0.29) is 23.4 Å². The van der Waals surface area contributed by atoms with Gasteiger partial charge in [0.2, 0.25) is 11.8 Å². The highest BCUT2D eigenvalue weighted by Crippen LogP contribution is 2.29. The summed E-state index contributed by atoms with van der Waals surface area (Å²) in [7, 11) is 0. The Morgan fingerprint density at radius 1 is 1.36 bits per heavy atom. The molecule has 2 saturated heterocycles. The smallest absolute Gasteiger partial charge is 0.319 e. The highest BCUT2D eigenvalue weighted by molar-refractivity contribution is 6.43. The van der Waals surface area contributed by atoms with Gasteiger partial charge in [0.25, 0.3) is 0 Å². The molecular weight excluding hydrogens is 371 g/mol. The highest BCUT2D eigenvalue weighted by Gasteiger charge is 2.46. The van der Waals surface area contributed by atoms with Crippen LogP contribution in [0.2, 0.25) is 10.0 Å². The van der Waals surface area contributed by atoms with Gasteiger partial charge < -0.3 is 26.0 Å². The Balaban J connectivity index is 1.63. The van der Waals surface area contributed by atoms with E-state index in [2.05, 4.69) is 16.0 Å². The van der Waals surface area contributed by atoms with Crippen molar-refractivity contribution >= 4 is 46.7 Å². The molecule has 0 aromatic heterocycles. The summed E-state index contributed by atoms with van der Waals surface area (Å²) in [5.41, 5.74) is 0.358. The number of nitrogens with one attached hydrogen (secondary N) is 3. The molecule has 3 atom stereocenters. The average molecular weight is 387 g/mol. The minimum absolute atomic E-state index is 0.199. The number of aliphatic hydroxyl groups is 1. The van der Waals surface area contributed by atoms with E-state index in [1.165, 1.54) is 4.90 Å². The van der Waals surface area contributed by atoms with Gasteiger partial charge in [0.15, 0.2) is 0 Å². The van der Waals surface area contributed by atoms with Crippen LogP contribution in [0.4, 0.5) is 10.5 Å². The van der Waals surface area contributed by atoms with Crippen LogP contribution in [0.3, 0.4) is 0 Å². The lowest BCUT2D eigenvalue weighted by Gasteiger charge is -2.33. The number of anilines is 1. The average Bonchev–Trinajstić information content (AvgIpc) is 2.99. The van der Waals surface area contributed by atoms with Gasteiger partial charge >= 0.3 is 6.03 Å². The van der Waals surface area contributed by atoms with E-state index < -0.39 is 30.8 Å². The van der Waals surface area contributed by atoms with Crippen LogP contribution in [0, 0.1) is 0 Å². The van der Waals surface area contributed by atoms with Gasteiger partial charge in [-0.2, -0.15) is 0 Å². The molecule has 4 amide bonds. The van der Waals surface area contributed by atoms with Crippen molar-refractivity contribution in [3.05, 3.63) is 28.2 Å². The summed E-state index contributed by atoms with van der Waals surface area (Å²) >= 11 is 11.9. The molecule has 0 radical (unpaired) electrons. The molecule has 0 unspecified atom stereocenters. The van der Waals surface area contributed by atoms with Crippen LogP contribution in [0.5, 0.6) is 0 Å². The predicted molar refractivity (Wildman–Crippen MR) is 91.5 cm³/mol. The van der Waals surface area contributed by atoms with Gasteiger partial charge in [-0.3, -0.25) is 9.59 Å². The number of halogens is 2. The van der Waals surface area contributed by atoms with Crippen molar-refractivity contribution in [1.29, 1.82) is 0 Å². The van der Waals surface area contributed by atoms with Gasteiger partial charge in [-0.05, 0) is 18.6 Å². The zero-order chi connectivity index (χ0) is 18.1. The molecule has 2 aliphatic heterocycles. The second kappa shape index (κ2) is 7.07. The number of carbonyl (C=O) groups excluding carboxylic acids is 3. The third-order valence-corrected chi connectivity index (χ3v) is 5.04. The minimum Gasteiger partial charge on any atom is -0.394 e. The van der Waals surface area contributed by atoms with Gasteiger partial charge in [0.05, 0.1) is 28.4 Å². The normalized spacial score (nSPS) is 25.4. The SMILES string of the molecule is O=C(Nc1cccc(Cl)c1Cl)N[C@H]1C[C@H]2C(=O)N[C@@H](CO)C(=O)N2C1. The second-order valence-corrected chi connectivity index (χ2v) is 6.67. The number of carbonyl (C=O) groups is 3.